The number of Topliss-reactive ketones (excluding diaryl/α,β-unsaturated/α-hetero) is 1. The Hall–Kier alpha value is -1.15. The Morgan fingerprint density at radius 1 is 1.18 bits per heavy atom. The maximum absolute atomic E-state index is 11.4. The Morgan fingerprint density at radius 2 is 1.76 bits per heavy atom. The van der Waals surface area contributed by atoms with Gasteiger partial charge in [0, 0.05) is 19.4 Å². The molecule has 1 fully saturated rings. The van der Waals surface area contributed by atoms with Crippen molar-refractivity contribution in [1.29, 1.82) is 0 Å². The number of carbonyl (C=O) groups excluding carboxylic acids is 1. The fourth-order valence-corrected chi connectivity index (χ4v) is 2.58. The van der Waals surface area contributed by atoms with Gasteiger partial charge in [0.1, 0.15) is 5.78 Å². The third-order valence-electron chi connectivity index (χ3n) is 3.61. The maximum Gasteiger partial charge on any atom is 0.133 e. The lowest BCUT2D eigenvalue weighted by Crippen LogP contribution is -2.34. The van der Waals surface area contributed by atoms with Gasteiger partial charge in [-0.2, -0.15) is 0 Å². The first kappa shape index (κ1) is 12.3. The Bertz CT molecular complexity index is 382. The summed E-state index contributed by atoms with van der Waals surface area (Å²) in [5.74, 6) is 0.368. The molecule has 0 amide bonds. The van der Waals surface area contributed by atoms with Crippen LogP contribution in [-0.4, -0.2) is 12.4 Å². The molecule has 0 N–H and O–H groups in total. The van der Waals surface area contributed by atoms with E-state index in [2.05, 4.69) is 31.2 Å². The number of rotatable bonds is 3. The molecule has 0 aromatic heterocycles. The third-order valence-corrected chi connectivity index (χ3v) is 3.61. The molecule has 0 atom stereocenters. The molecule has 2 heteroatoms. The molecular formula is C15H20O2. The second-order valence-corrected chi connectivity index (χ2v) is 4.83. The summed E-state index contributed by atoms with van der Waals surface area (Å²) in [5.41, 5.74) is 2.25. The first-order valence-corrected chi connectivity index (χ1v) is 6.39. The van der Waals surface area contributed by atoms with Gasteiger partial charge >= 0.3 is 0 Å². The number of benzene rings is 1. The molecule has 0 unspecified atom stereocenters. The van der Waals surface area contributed by atoms with Gasteiger partial charge in [-0.05, 0) is 32.3 Å². The fraction of sp³-hybridized carbons (Fsp3) is 0.533. The van der Waals surface area contributed by atoms with Crippen molar-refractivity contribution in [1.82, 2.24) is 0 Å². The molecular weight excluding hydrogens is 212 g/mol. The number of ketones is 1. The molecule has 1 aromatic rings. The molecule has 17 heavy (non-hydrogen) atoms. The van der Waals surface area contributed by atoms with Crippen LogP contribution < -0.4 is 0 Å². The highest BCUT2D eigenvalue weighted by atomic mass is 16.5. The predicted octanol–water partition coefficient (Wildman–Crippen LogP) is 3.37. The van der Waals surface area contributed by atoms with Gasteiger partial charge in [-0.1, -0.05) is 29.8 Å². The van der Waals surface area contributed by atoms with E-state index in [1.807, 2.05) is 6.92 Å². The molecule has 0 aliphatic heterocycles. The van der Waals surface area contributed by atoms with Crippen LogP contribution >= 0.6 is 0 Å². The summed E-state index contributed by atoms with van der Waals surface area (Å²) in [7, 11) is 0. The zero-order valence-corrected chi connectivity index (χ0v) is 10.7. The summed E-state index contributed by atoms with van der Waals surface area (Å²) in [6.07, 6.45) is 2.94. The number of hydrogen-bond donors (Lipinski definition) is 0. The minimum Gasteiger partial charge on any atom is -0.371 e. The Kier molecular flexibility index (Phi) is 3.63. The standard InChI is InChI=1S/C15H20O2/c1-3-17-15(10-8-14(16)9-11-15)13-6-4-12(2)5-7-13/h4-7H,3,8-11H2,1-2H3. The SMILES string of the molecule is CCOC1(c2ccc(C)cc2)CCC(=O)CC1. The van der Waals surface area contributed by atoms with Crippen LogP contribution in [-0.2, 0) is 15.1 Å². The zero-order valence-electron chi connectivity index (χ0n) is 10.7. The molecule has 0 saturated heterocycles. The monoisotopic (exact) mass is 232 g/mol. The molecule has 1 aromatic carbocycles. The van der Waals surface area contributed by atoms with Crippen LogP contribution in [0, 0.1) is 6.92 Å². The summed E-state index contributed by atoms with van der Waals surface area (Å²) in [4.78, 5) is 11.4. The summed E-state index contributed by atoms with van der Waals surface area (Å²) in [6, 6.07) is 8.51. The second kappa shape index (κ2) is 5.01. The Balaban J connectivity index is 2.27. The first-order chi connectivity index (χ1) is 8.16. The minimum atomic E-state index is -0.226. The van der Waals surface area contributed by atoms with Crippen LogP contribution in [0.2, 0.25) is 0 Å². The first-order valence-electron chi connectivity index (χ1n) is 6.39. The molecule has 2 rings (SSSR count). The van der Waals surface area contributed by atoms with Crippen molar-refractivity contribution in [3.8, 4) is 0 Å². The van der Waals surface area contributed by atoms with Crippen molar-refractivity contribution >= 4 is 5.78 Å². The molecule has 1 aliphatic rings. The van der Waals surface area contributed by atoms with Crippen LogP contribution in [0.5, 0.6) is 0 Å². The highest BCUT2D eigenvalue weighted by Crippen LogP contribution is 2.39. The van der Waals surface area contributed by atoms with Crippen molar-refractivity contribution in [3.05, 3.63) is 35.4 Å². The average Bonchev–Trinajstić information content (AvgIpc) is 2.34. The van der Waals surface area contributed by atoms with Crippen molar-refractivity contribution in [2.24, 2.45) is 0 Å². The van der Waals surface area contributed by atoms with Crippen molar-refractivity contribution in [2.45, 2.75) is 45.1 Å². The lowest BCUT2D eigenvalue weighted by molar-refractivity contribution is -0.130. The van der Waals surface area contributed by atoms with Crippen LogP contribution in [0.1, 0.15) is 43.7 Å². The second-order valence-electron chi connectivity index (χ2n) is 4.83. The van der Waals surface area contributed by atoms with Crippen LogP contribution in [0.3, 0.4) is 0 Å². The van der Waals surface area contributed by atoms with Gasteiger partial charge < -0.3 is 4.74 Å². The lowest BCUT2D eigenvalue weighted by atomic mass is 9.78. The third kappa shape index (κ3) is 2.58. The van der Waals surface area contributed by atoms with Crippen LogP contribution in [0.25, 0.3) is 0 Å². The van der Waals surface area contributed by atoms with Crippen molar-refractivity contribution in [3.63, 3.8) is 0 Å². The smallest absolute Gasteiger partial charge is 0.133 e. The minimum absolute atomic E-state index is 0.226. The highest BCUT2D eigenvalue weighted by molar-refractivity contribution is 5.79. The number of ether oxygens (including phenoxy) is 1. The molecule has 0 bridgehead atoms. The molecule has 2 nitrogen and oxygen atoms in total. The topological polar surface area (TPSA) is 26.3 Å². The number of carbonyl (C=O) groups is 1. The average molecular weight is 232 g/mol. The summed E-state index contributed by atoms with van der Waals surface area (Å²) >= 11 is 0. The molecule has 1 aliphatic carbocycles. The van der Waals surface area contributed by atoms with Crippen molar-refractivity contribution in [2.75, 3.05) is 6.61 Å². The lowest BCUT2D eigenvalue weighted by Gasteiger charge is -2.37. The molecule has 0 spiro atoms. The van der Waals surface area contributed by atoms with E-state index >= 15 is 0 Å². The normalized spacial score (nSPS) is 19.3. The van der Waals surface area contributed by atoms with E-state index < -0.39 is 0 Å². The van der Waals surface area contributed by atoms with E-state index in [1.54, 1.807) is 0 Å². The van der Waals surface area contributed by atoms with Gasteiger partial charge in [0.25, 0.3) is 0 Å². The Labute approximate surface area is 103 Å². The van der Waals surface area contributed by atoms with E-state index in [9.17, 15) is 4.79 Å². The van der Waals surface area contributed by atoms with Gasteiger partial charge in [0.05, 0.1) is 5.60 Å². The molecule has 92 valence electrons. The molecule has 1 saturated carbocycles. The van der Waals surface area contributed by atoms with Gasteiger partial charge in [-0.3, -0.25) is 4.79 Å². The quantitative estimate of drug-likeness (QED) is 0.798. The van der Waals surface area contributed by atoms with E-state index in [0.29, 0.717) is 25.2 Å². The molecule has 0 heterocycles. The van der Waals surface area contributed by atoms with Crippen molar-refractivity contribution < 1.29 is 9.53 Å². The van der Waals surface area contributed by atoms with Crippen LogP contribution in [0.4, 0.5) is 0 Å². The zero-order chi connectivity index (χ0) is 12.3. The van der Waals surface area contributed by atoms with E-state index in [-0.39, 0.29) is 5.60 Å². The predicted molar refractivity (Wildman–Crippen MR) is 68.0 cm³/mol. The van der Waals surface area contributed by atoms with E-state index in [4.69, 9.17) is 4.74 Å². The Morgan fingerprint density at radius 3 is 2.29 bits per heavy atom. The van der Waals surface area contributed by atoms with Gasteiger partial charge in [0.15, 0.2) is 0 Å². The highest BCUT2D eigenvalue weighted by Gasteiger charge is 2.36. The summed E-state index contributed by atoms with van der Waals surface area (Å²) < 4.78 is 5.99. The van der Waals surface area contributed by atoms with E-state index in [1.165, 1.54) is 11.1 Å². The van der Waals surface area contributed by atoms with Gasteiger partial charge in [-0.15, -0.1) is 0 Å². The summed E-state index contributed by atoms with van der Waals surface area (Å²) in [5, 5.41) is 0. The maximum atomic E-state index is 11.4. The largest absolute Gasteiger partial charge is 0.371 e. The molecule has 0 radical (unpaired) electrons. The van der Waals surface area contributed by atoms with E-state index in [0.717, 1.165) is 12.8 Å². The van der Waals surface area contributed by atoms with Crippen LogP contribution in [0.15, 0.2) is 24.3 Å². The number of hydrogen-bond acceptors (Lipinski definition) is 2. The number of aryl methyl sites for hydroxylation is 1. The van der Waals surface area contributed by atoms with Gasteiger partial charge in [-0.25, -0.2) is 0 Å². The summed E-state index contributed by atoms with van der Waals surface area (Å²) in [6.45, 7) is 4.80. The van der Waals surface area contributed by atoms with Gasteiger partial charge in [0.2, 0.25) is 0 Å². The fourth-order valence-electron chi connectivity index (χ4n) is 2.58.